The van der Waals surface area contributed by atoms with Crippen LogP contribution in [0.5, 0.6) is 5.75 Å². The number of benzene rings is 1. The van der Waals surface area contributed by atoms with Crippen molar-refractivity contribution in [1.29, 1.82) is 0 Å². The maximum Gasteiger partial charge on any atom is 0.200 e. The van der Waals surface area contributed by atoms with Crippen molar-refractivity contribution < 1.29 is 9.90 Å². The van der Waals surface area contributed by atoms with Gasteiger partial charge in [-0.15, -0.1) is 0 Å². The molecule has 0 amide bonds. The molecule has 2 aromatic heterocycles. The van der Waals surface area contributed by atoms with Gasteiger partial charge in [0.1, 0.15) is 5.75 Å². The zero-order valence-electron chi connectivity index (χ0n) is 10.4. The second kappa shape index (κ2) is 4.24. The van der Waals surface area contributed by atoms with Crippen molar-refractivity contribution in [1.82, 2.24) is 9.61 Å². The number of fused-ring (bicyclic) bond motifs is 1. The zero-order valence-corrected chi connectivity index (χ0v) is 10.4. The van der Waals surface area contributed by atoms with Gasteiger partial charge in [-0.05, 0) is 31.2 Å². The number of aryl methyl sites for hydroxylation is 1. The first-order valence-corrected chi connectivity index (χ1v) is 5.95. The van der Waals surface area contributed by atoms with Crippen molar-refractivity contribution in [2.24, 2.45) is 0 Å². The third-order valence-electron chi connectivity index (χ3n) is 3.09. The van der Waals surface area contributed by atoms with Crippen LogP contribution in [0.15, 0.2) is 48.7 Å². The molecule has 0 bridgehead atoms. The summed E-state index contributed by atoms with van der Waals surface area (Å²) < 4.78 is 1.67. The van der Waals surface area contributed by atoms with E-state index in [9.17, 15) is 9.90 Å². The second-order valence-electron chi connectivity index (χ2n) is 4.34. The van der Waals surface area contributed by atoms with Crippen molar-refractivity contribution in [3.63, 3.8) is 0 Å². The average Bonchev–Trinajstić information content (AvgIpc) is 2.74. The highest BCUT2D eigenvalue weighted by Gasteiger charge is 2.20. The summed E-state index contributed by atoms with van der Waals surface area (Å²) in [4.78, 5) is 12.5. The topological polar surface area (TPSA) is 54.6 Å². The first-order chi connectivity index (χ1) is 9.18. The first kappa shape index (κ1) is 11.5. The standard InChI is InChI=1S/C15H12N2O2/c1-10-14(12-7-4-5-9-17(12)16-10)15(19)11-6-2-3-8-13(11)18/h2-9,18H,1H3. The van der Waals surface area contributed by atoms with Crippen molar-refractivity contribution >= 4 is 11.3 Å². The van der Waals surface area contributed by atoms with Gasteiger partial charge in [-0.3, -0.25) is 4.79 Å². The van der Waals surface area contributed by atoms with Gasteiger partial charge in [-0.2, -0.15) is 5.10 Å². The molecular formula is C15H12N2O2. The Kier molecular flexibility index (Phi) is 2.56. The molecule has 4 nitrogen and oxygen atoms in total. The molecule has 0 saturated heterocycles. The van der Waals surface area contributed by atoms with E-state index in [0.29, 0.717) is 16.8 Å². The number of aromatic nitrogens is 2. The molecule has 0 unspecified atom stereocenters. The Balaban J connectivity index is 2.23. The fraction of sp³-hybridized carbons (Fsp3) is 0.0667. The molecule has 19 heavy (non-hydrogen) atoms. The Morgan fingerprint density at radius 2 is 1.89 bits per heavy atom. The second-order valence-corrected chi connectivity index (χ2v) is 4.34. The van der Waals surface area contributed by atoms with Gasteiger partial charge in [0, 0.05) is 6.20 Å². The highest BCUT2D eigenvalue weighted by Crippen LogP contribution is 2.24. The van der Waals surface area contributed by atoms with Crippen molar-refractivity contribution in [3.8, 4) is 5.75 Å². The SMILES string of the molecule is Cc1nn2ccccc2c1C(=O)c1ccccc1O. The summed E-state index contributed by atoms with van der Waals surface area (Å²) in [5.41, 5.74) is 2.22. The summed E-state index contributed by atoms with van der Waals surface area (Å²) in [5, 5.41) is 14.1. The highest BCUT2D eigenvalue weighted by molar-refractivity contribution is 6.15. The van der Waals surface area contributed by atoms with E-state index in [4.69, 9.17) is 0 Å². The summed E-state index contributed by atoms with van der Waals surface area (Å²) in [6.45, 7) is 1.79. The van der Waals surface area contributed by atoms with Crippen LogP contribution in [0.25, 0.3) is 5.52 Å². The van der Waals surface area contributed by atoms with Crippen LogP contribution in [-0.4, -0.2) is 20.5 Å². The smallest absolute Gasteiger partial charge is 0.200 e. The van der Waals surface area contributed by atoms with Gasteiger partial charge in [0.2, 0.25) is 5.78 Å². The molecule has 94 valence electrons. The van der Waals surface area contributed by atoms with Gasteiger partial charge < -0.3 is 5.11 Å². The van der Waals surface area contributed by atoms with E-state index >= 15 is 0 Å². The van der Waals surface area contributed by atoms with Crippen molar-refractivity contribution in [3.05, 3.63) is 65.5 Å². The van der Waals surface area contributed by atoms with Crippen LogP contribution in [0, 0.1) is 6.92 Å². The van der Waals surface area contributed by atoms with Gasteiger partial charge >= 0.3 is 0 Å². The van der Waals surface area contributed by atoms with E-state index in [1.165, 1.54) is 6.07 Å². The molecule has 2 heterocycles. The minimum atomic E-state index is -0.211. The Morgan fingerprint density at radius 1 is 1.16 bits per heavy atom. The molecule has 1 N–H and O–H groups in total. The Labute approximate surface area is 109 Å². The Morgan fingerprint density at radius 3 is 2.68 bits per heavy atom. The van der Waals surface area contributed by atoms with Gasteiger partial charge in [0.25, 0.3) is 0 Å². The summed E-state index contributed by atoms with van der Waals surface area (Å²) in [6.07, 6.45) is 1.80. The monoisotopic (exact) mass is 252 g/mol. The lowest BCUT2D eigenvalue weighted by atomic mass is 10.0. The predicted octanol–water partition coefficient (Wildman–Crippen LogP) is 2.58. The fourth-order valence-electron chi connectivity index (χ4n) is 2.20. The number of phenolic OH excluding ortho intramolecular Hbond substituents is 1. The molecule has 0 aliphatic carbocycles. The number of carbonyl (C=O) groups excluding carboxylic acids is 1. The lowest BCUT2D eigenvalue weighted by Crippen LogP contribution is -2.03. The molecule has 4 heteroatoms. The minimum absolute atomic E-state index is 0.0119. The summed E-state index contributed by atoms with van der Waals surface area (Å²) in [6, 6.07) is 12.1. The summed E-state index contributed by atoms with van der Waals surface area (Å²) in [7, 11) is 0. The number of hydrogen-bond acceptors (Lipinski definition) is 3. The fourth-order valence-corrected chi connectivity index (χ4v) is 2.20. The van der Waals surface area contributed by atoms with E-state index < -0.39 is 0 Å². The van der Waals surface area contributed by atoms with Crippen molar-refractivity contribution in [2.75, 3.05) is 0 Å². The van der Waals surface area contributed by atoms with Crippen LogP contribution < -0.4 is 0 Å². The zero-order chi connectivity index (χ0) is 13.4. The number of rotatable bonds is 2. The third kappa shape index (κ3) is 1.78. The molecule has 0 atom stereocenters. The van der Waals surface area contributed by atoms with Gasteiger partial charge in [-0.1, -0.05) is 18.2 Å². The van der Waals surface area contributed by atoms with E-state index in [-0.39, 0.29) is 11.5 Å². The Hall–Kier alpha value is -2.62. The molecule has 3 rings (SSSR count). The number of aromatic hydroxyl groups is 1. The number of pyridine rings is 1. The van der Waals surface area contributed by atoms with Crippen LogP contribution in [0.3, 0.4) is 0 Å². The van der Waals surface area contributed by atoms with Crippen LogP contribution in [0.2, 0.25) is 0 Å². The minimum Gasteiger partial charge on any atom is -0.507 e. The lowest BCUT2D eigenvalue weighted by molar-refractivity contribution is 0.103. The van der Waals surface area contributed by atoms with Crippen LogP contribution in [0.4, 0.5) is 0 Å². The normalized spacial score (nSPS) is 10.8. The molecule has 0 aliphatic rings. The Bertz CT molecular complexity index is 775. The molecule has 0 aliphatic heterocycles. The number of hydrogen-bond donors (Lipinski definition) is 1. The number of nitrogens with zero attached hydrogens (tertiary/aromatic N) is 2. The molecular weight excluding hydrogens is 240 g/mol. The first-order valence-electron chi connectivity index (χ1n) is 5.95. The van der Waals surface area contributed by atoms with Gasteiger partial charge in [-0.25, -0.2) is 4.52 Å². The average molecular weight is 252 g/mol. The number of carbonyl (C=O) groups is 1. The van der Waals surface area contributed by atoms with Crippen molar-refractivity contribution in [2.45, 2.75) is 6.92 Å². The van der Waals surface area contributed by atoms with Crippen LogP contribution in [0.1, 0.15) is 21.6 Å². The van der Waals surface area contributed by atoms with Crippen LogP contribution in [-0.2, 0) is 0 Å². The quantitative estimate of drug-likeness (QED) is 0.713. The molecule has 1 aromatic carbocycles. The molecule has 0 fully saturated rings. The summed E-state index contributed by atoms with van der Waals surface area (Å²) in [5.74, 6) is -0.223. The van der Waals surface area contributed by atoms with Gasteiger partial charge in [0.05, 0.1) is 22.3 Å². The number of para-hydroxylation sites is 1. The molecule has 0 radical (unpaired) electrons. The maximum absolute atomic E-state index is 12.5. The number of phenols is 1. The molecule has 0 saturated carbocycles. The predicted molar refractivity (Wildman–Crippen MR) is 71.5 cm³/mol. The number of ketones is 1. The summed E-state index contributed by atoms with van der Waals surface area (Å²) >= 11 is 0. The third-order valence-corrected chi connectivity index (χ3v) is 3.09. The maximum atomic E-state index is 12.5. The molecule has 0 spiro atoms. The van der Waals surface area contributed by atoms with E-state index in [1.807, 2.05) is 18.2 Å². The molecule has 3 aromatic rings. The van der Waals surface area contributed by atoms with E-state index in [0.717, 1.165) is 5.52 Å². The van der Waals surface area contributed by atoms with Crippen LogP contribution >= 0.6 is 0 Å². The van der Waals surface area contributed by atoms with E-state index in [2.05, 4.69) is 5.10 Å². The lowest BCUT2D eigenvalue weighted by Gasteiger charge is -2.03. The highest BCUT2D eigenvalue weighted by atomic mass is 16.3. The van der Waals surface area contributed by atoms with E-state index in [1.54, 1.807) is 35.8 Å². The van der Waals surface area contributed by atoms with Gasteiger partial charge in [0.15, 0.2) is 0 Å². The largest absolute Gasteiger partial charge is 0.507 e.